The van der Waals surface area contributed by atoms with Crippen LogP contribution in [0.4, 0.5) is 5.13 Å². The van der Waals surface area contributed by atoms with Crippen LogP contribution in [0.2, 0.25) is 0 Å². The first-order valence-electron chi connectivity index (χ1n) is 16.3. The van der Waals surface area contributed by atoms with Crippen LogP contribution >= 0.6 is 23.7 Å². The van der Waals surface area contributed by atoms with E-state index in [9.17, 15) is 14.7 Å². The number of hydrogen-bond donors (Lipinski definition) is 1. The van der Waals surface area contributed by atoms with E-state index in [4.69, 9.17) is 4.98 Å². The summed E-state index contributed by atoms with van der Waals surface area (Å²) in [5.41, 5.74) is 1.47. The quantitative estimate of drug-likeness (QED) is 0.367. The Morgan fingerprint density at radius 1 is 1.02 bits per heavy atom. The van der Waals surface area contributed by atoms with Crippen LogP contribution in [0, 0.1) is 44.8 Å². The van der Waals surface area contributed by atoms with E-state index in [0.717, 1.165) is 63.2 Å². The molecular formula is C35H53ClN2O3S. The van der Waals surface area contributed by atoms with Gasteiger partial charge in [0.15, 0.2) is 10.9 Å². The Bertz CT molecular complexity index is 1330. The Morgan fingerprint density at radius 2 is 1.67 bits per heavy atom. The molecule has 5 aliphatic rings. The van der Waals surface area contributed by atoms with Crippen molar-refractivity contribution in [2.45, 2.75) is 119 Å². The van der Waals surface area contributed by atoms with Crippen LogP contribution in [-0.4, -0.2) is 34.9 Å². The van der Waals surface area contributed by atoms with Crippen molar-refractivity contribution in [1.82, 2.24) is 4.98 Å². The average Bonchev–Trinajstić information content (AvgIpc) is 3.31. The van der Waals surface area contributed by atoms with E-state index in [1.807, 2.05) is 18.3 Å². The monoisotopic (exact) mass is 616 g/mol. The zero-order chi connectivity index (χ0) is 30.0. The van der Waals surface area contributed by atoms with Crippen molar-refractivity contribution in [2.24, 2.45) is 44.8 Å². The van der Waals surface area contributed by atoms with Gasteiger partial charge in [-0.15, -0.1) is 23.7 Å². The van der Waals surface area contributed by atoms with Crippen LogP contribution in [0.5, 0.6) is 0 Å². The number of fused-ring (bicyclic) bond motifs is 8. The third-order valence-electron chi connectivity index (χ3n) is 14.1. The number of carbonyl (C=O) groups excluding carboxylic acids is 1. The molecule has 0 aromatic carbocycles. The van der Waals surface area contributed by atoms with Crippen LogP contribution < -0.4 is 4.90 Å². The zero-order valence-electron chi connectivity index (χ0n) is 27.4. The lowest BCUT2D eigenvalue weighted by molar-refractivity contribution is -0.173. The van der Waals surface area contributed by atoms with Crippen molar-refractivity contribution in [2.75, 3.05) is 18.0 Å². The highest BCUT2D eigenvalue weighted by atomic mass is 35.5. The fourth-order valence-electron chi connectivity index (χ4n) is 11.3. The molecule has 234 valence electrons. The maximum atomic E-state index is 14.7. The van der Waals surface area contributed by atoms with Gasteiger partial charge in [-0.3, -0.25) is 9.59 Å². The van der Waals surface area contributed by atoms with E-state index in [2.05, 4.69) is 66.4 Å². The minimum atomic E-state index is -0.716. The maximum absolute atomic E-state index is 14.7. The number of carbonyl (C=O) groups is 2. The molecule has 42 heavy (non-hydrogen) atoms. The number of carboxylic acids is 1. The second-order valence-electron chi connectivity index (χ2n) is 16.4. The molecule has 0 aliphatic heterocycles. The number of rotatable bonds is 4. The summed E-state index contributed by atoms with van der Waals surface area (Å²) < 4.78 is 0. The van der Waals surface area contributed by atoms with Gasteiger partial charge in [0.1, 0.15) is 0 Å². The Morgan fingerprint density at radius 3 is 2.29 bits per heavy atom. The summed E-state index contributed by atoms with van der Waals surface area (Å²) in [6, 6.07) is 0. The number of carboxylic acid groups (broad SMARTS) is 1. The Balaban J connectivity index is 0.00000353. The van der Waals surface area contributed by atoms with Gasteiger partial charge in [0.2, 0.25) is 0 Å². The second-order valence-corrected chi connectivity index (χ2v) is 17.5. The molecule has 1 heterocycles. The molecule has 0 bridgehead atoms. The fourth-order valence-corrected chi connectivity index (χ4v) is 12.8. The predicted molar refractivity (Wildman–Crippen MR) is 174 cm³/mol. The van der Waals surface area contributed by atoms with Crippen molar-refractivity contribution in [3.8, 4) is 0 Å². The summed E-state index contributed by atoms with van der Waals surface area (Å²) in [7, 11) is 0. The first-order chi connectivity index (χ1) is 19.0. The molecule has 8 atom stereocenters. The van der Waals surface area contributed by atoms with Gasteiger partial charge in [-0.1, -0.05) is 47.1 Å². The Kier molecular flexibility index (Phi) is 7.47. The van der Waals surface area contributed by atoms with E-state index in [1.54, 1.807) is 0 Å². The number of halogens is 1. The molecule has 5 nitrogen and oxygen atoms in total. The number of aromatic nitrogens is 1. The average molecular weight is 617 g/mol. The number of allylic oxidation sites excluding steroid dienone is 2. The minimum Gasteiger partial charge on any atom is -0.481 e. The van der Waals surface area contributed by atoms with Crippen LogP contribution in [-0.2, 0) is 21.4 Å². The molecule has 1 aromatic heterocycles. The lowest BCUT2D eigenvalue weighted by atomic mass is 9.34. The summed E-state index contributed by atoms with van der Waals surface area (Å²) in [5.74, 6) is 0.157. The smallest absolute Gasteiger partial charge is 0.309 e. The molecule has 1 N–H and O–H groups in total. The molecule has 1 aromatic rings. The minimum absolute atomic E-state index is 0. The van der Waals surface area contributed by atoms with Gasteiger partial charge in [-0.25, -0.2) is 4.98 Å². The zero-order valence-corrected chi connectivity index (χ0v) is 29.0. The van der Waals surface area contributed by atoms with Crippen LogP contribution in [0.15, 0.2) is 11.6 Å². The van der Waals surface area contributed by atoms with Crippen molar-refractivity contribution in [1.29, 1.82) is 0 Å². The van der Waals surface area contributed by atoms with E-state index >= 15 is 0 Å². The molecular weight excluding hydrogens is 564 g/mol. The van der Waals surface area contributed by atoms with Gasteiger partial charge in [-0.05, 0) is 112 Å². The largest absolute Gasteiger partial charge is 0.481 e. The standard InChI is InChI=1S/C35H52N2O3S.ClH/c1-10-37(11-2)29-36-27-24(41-29)20-33(7)25(30(27,3)4)12-13-35(9)26(33)23(38)18-21-22-19-32(6,28(39)40)15-14-31(22,5)16-17-34(21,35)8;/h18,22,25-26H,10-17,19-20H2,1-9H3,(H,39,40);1H/t22-,25-,26+,31+,32-,33-,34+,35+;/m0./s1. The summed E-state index contributed by atoms with van der Waals surface area (Å²) in [4.78, 5) is 36.1. The highest BCUT2D eigenvalue weighted by Crippen LogP contribution is 2.75. The number of hydrogen-bond acceptors (Lipinski definition) is 5. The first-order valence-corrected chi connectivity index (χ1v) is 17.1. The van der Waals surface area contributed by atoms with Crippen molar-refractivity contribution >= 4 is 40.6 Å². The third-order valence-corrected chi connectivity index (χ3v) is 15.2. The molecule has 0 radical (unpaired) electrons. The van der Waals surface area contributed by atoms with E-state index < -0.39 is 11.4 Å². The second kappa shape index (κ2) is 9.80. The molecule has 6 rings (SSSR count). The Hall–Kier alpha value is -1.40. The normalized spacial score (nSPS) is 43.4. The van der Waals surface area contributed by atoms with Gasteiger partial charge in [-0.2, -0.15) is 0 Å². The summed E-state index contributed by atoms with van der Waals surface area (Å²) in [6.07, 6.45) is 9.69. The van der Waals surface area contributed by atoms with E-state index in [-0.39, 0.29) is 51.3 Å². The first kappa shape index (κ1) is 32.0. The van der Waals surface area contributed by atoms with Gasteiger partial charge >= 0.3 is 5.97 Å². The van der Waals surface area contributed by atoms with E-state index in [0.29, 0.717) is 18.1 Å². The lowest BCUT2D eigenvalue weighted by Gasteiger charge is -2.69. The number of anilines is 1. The molecule has 0 saturated heterocycles. The van der Waals surface area contributed by atoms with Gasteiger partial charge in [0, 0.05) is 29.3 Å². The summed E-state index contributed by atoms with van der Waals surface area (Å²) >= 11 is 1.86. The van der Waals surface area contributed by atoms with Crippen LogP contribution in [0.25, 0.3) is 0 Å². The molecule has 3 fully saturated rings. The molecule has 3 saturated carbocycles. The van der Waals surface area contributed by atoms with Crippen LogP contribution in [0.1, 0.15) is 118 Å². The number of ketones is 1. The number of thiazole rings is 1. The molecule has 5 aliphatic carbocycles. The summed E-state index contributed by atoms with van der Waals surface area (Å²) in [5, 5.41) is 11.3. The van der Waals surface area contributed by atoms with Crippen molar-refractivity contribution < 1.29 is 14.7 Å². The van der Waals surface area contributed by atoms with Crippen molar-refractivity contribution in [3.05, 3.63) is 22.2 Å². The SMILES string of the molecule is CCN(CC)c1nc2c(s1)C[C@]1(C)[C@H]3C(=O)C=C4[C@@H]5C[C@@](C)(C(=O)O)CC[C@]5(C)CC[C@@]4(C)[C@]3(C)CC[C@H]1C2(C)C.Cl. The highest BCUT2D eigenvalue weighted by molar-refractivity contribution is 7.15. The van der Waals surface area contributed by atoms with Gasteiger partial charge in [0.25, 0.3) is 0 Å². The van der Waals surface area contributed by atoms with E-state index in [1.165, 1.54) is 16.1 Å². The fraction of sp³-hybridized carbons (Fsp3) is 0.800. The van der Waals surface area contributed by atoms with Gasteiger partial charge in [0.05, 0.1) is 11.1 Å². The number of nitrogens with zero attached hydrogens (tertiary/aromatic N) is 2. The highest BCUT2D eigenvalue weighted by Gasteiger charge is 2.70. The van der Waals surface area contributed by atoms with Crippen LogP contribution in [0.3, 0.4) is 0 Å². The Labute approximate surface area is 263 Å². The number of aliphatic carboxylic acids is 1. The van der Waals surface area contributed by atoms with Gasteiger partial charge < -0.3 is 10.0 Å². The maximum Gasteiger partial charge on any atom is 0.309 e. The third kappa shape index (κ3) is 3.95. The topological polar surface area (TPSA) is 70.5 Å². The molecule has 0 spiro atoms. The summed E-state index contributed by atoms with van der Waals surface area (Å²) in [6.45, 7) is 22.7. The molecule has 7 heteroatoms. The lowest BCUT2D eigenvalue weighted by Crippen LogP contribution is -2.66. The predicted octanol–water partition coefficient (Wildman–Crippen LogP) is 8.49. The molecule has 0 amide bonds. The van der Waals surface area contributed by atoms with Crippen molar-refractivity contribution in [3.63, 3.8) is 0 Å². The molecule has 0 unspecified atom stereocenters.